The summed E-state index contributed by atoms with van der Waals surface area (Å²) in [7, 11) is 0. The Kier molecular flexibility index (Phi) is 8.53. The number of benzene rings is 8. The fourth-order valence-corrected chi connectivity index (χ4v) is 8.30. The van der Waals surface area contributed by atoms with Crippen LogP contribution in [0, 0.1) is 5.92 Å². The molecule has 9 aromatic rings. The molecule has 56 heavy (non-hydrogen) atoms. The average molecular weight is 721 g/mol. The Balaban J connectivity index is 1.26. The van der Waals surface area contributed by atoms with Crippen LogP contribution in [0.1, 0.15) is 13.3 Å². The molecule has 1 aliphatic rings. The van der Waals surface area contributed by atoms with Crippen molar-refractivity contribution in [3.05, 3.63) is 212 Å². The molecular formula is C53H40N2O. The second-order valence-corrected chi connectivity index (χ2v) is 14.6. The molecule has 1 aromatic heterocycles. The summed E-state index contributed by atoms with van der Waals surface area (Å²) in [6.07, 6.45) is 7.65. The predicted octanol–water partition coefficient (Wildman–Crippen LogP) is 15.2. The van der Waals surface area contributed by atoms with Crippen molar-refractivity contribution >= 4 is 61.1 Å². The number of hydrogen-bond acceptors (Lipinski definition) is 3. The van der Waals surface area contributed by atoms with E-state index >= 15 is 0 Å². The summed E-state index contributed by atoms with van der Waals surface area (Å²) in [4.78, 5) is 4.81. The van der Waals surface area contributed by atoms with Crippen molar-refractivity contribution in [3.63, 3.8) is 0 Å². The van der Waals surface area contributed by atoms with Crippen LogP contribution in [0.25, 0.3) is 55.0 Å². The molecule has 0 fully saturated rings. The van der Waals surface area contributed by atoms with Gasteiger partial charge in [-0.25, -0.2) is 0 Å². The third kappa shape index (κ3) is 6.04. The summed E-state index contributed by atoms with van der Waals surface area (Å²) < 4.78 is 7.27. The van der Waals surface area contributed by atoms with Gasteiger partial charge in [0, 0.05) is 33.5 Å². The lowest BCUT2D eigenvalue weighted by Gasteiger charge is -2.32. The molecule has 3 nitrogen and oxygen atoms in total. The maximum absolute atomic E-state index is 7.27. The van der Waals surface area contributed by atoms with E-state index < -0.39 is 0 Å². The summed E-state index contributed by atoms with van der Waals surface area (Å²) in [5.41, 5.74) is 13.0. The van der Waals surface area contributed by atoms with Gasteiger partial charge in [-0.15, -0.1) is 0 Å². The van der Waals surface area contributed by atoms with Crippen LogP contribution in [-0.2, 0) is 0 Å². The third-order valence-electron chi connectivity index (χ3n) is 10.9. The van der Waals surface area contributed by atoms with Crippen molar-refractivity contribution in [2.45, 2.75) is 13.3 Å². The van der Waals surface area contributed by atoms with Gasteiger partial charge in [-0.3, -0.25) is 0 Å². The van der Waals surface area contributed by atoms with Gasteiger partial charge in [-0.2, -0.15) is 0 Å². The Labute approximate surface area is 327 Å². The predicted molar refractivity (Wildman–Crippen MR) is 236 cm³/mol. The molecule has 1 atom stereocenters. The molecule has 1 heterocycles. The normalized spacial score (nSPS) is 13.9. The van der Waals surface area contributed by atoms with Gasteiger partial charge in [0.05, 0.1) is 16.8 Å². The number of para-hydroxylation sites is 1. The second-order valence-electron chi connectivity index (χ2n) is 14.6. The van der Waals surface area contributed by atoms with Crippen LogP contribution in [0.15, 0.2) is 216 Å². The highest BCUT2D eigenvalue weighted by atomic mass is 16.3. The Bertz CT molecular complexity index is 2910. The smallest absolute Gasteiger partial charge is 0.161 e. The van der Waals surface area contributed by atoms with Crippen molar-refractivity contribution in [2.24, 2.45) is 5.92 Å². The van der Waals surface area contributed by atoms with Crippen molar-refractivity contribution < 1.29 is 4.42 Å². The largest absolute Gasteiger partial charge is 0.453 e. The molecule has 0 saturated carbocycles. The second kappa shape index (κ2) is 14.3. The van der Waals surface area contributed by atoms with E-state index in [4.69, 9.17) is 4.42 Å². The van der Waals surface area contributed by atoms with Crippen molar-refractivity contribution in [3.8, 4) is 22.3 Å². The van der Waals surface area contributed by atoms with E-state index in [-0.39, 0.29) is 0 Å². The molecule has 1 unspecified atom stereocenters. The maximum Gasteiger partial charge on any atom is 0.161 e. The summed E-state index contributed by atoms with van der Waals surface area (Å²) in [5, 5.41) is 4.40. The highest BCUT2D eigenvalue weighted by Gasteiger charge is 2.27. The van der Waals surface area contributed by atoms with Gasteiger partial charge in [-0.05, 0) is 101 Å². The van der Waals surface area contributed by atoms with Gasteiger partial charge < -0.3 is 14.2 Å². The quantitative estimate of drug-likeness (QED) is 0.156. The zero-order chi connectivity index (χ0) is 37.4. The average Bonchev–Trinajstić information content (AvgIpc) is 3.67. The Hall–Kier alpha value is -7.10. The lowest BCUT2D eigenvalue weighted by Crippen LogP contribution is -2.20. The first-order valence-electron chi connectivity index (χ1n) is 19.4. The van der Waals surface area contributed by atoms with Crippen LogP contribution in [0.2, 0.25) is 0 Å². The Morgan fingerprint density at radius 1 is 0.464 bits per heavy atom. The minimum absolute atomic E-state index is 0.398. The van der Waals surface area contributed by atoms with Gasteiger partial charge in [0.25, 0.3) is 0 Å². The summed E-state index contributed by atoms with van der Waals surface area (Å²) >= 11 is 0. The van der Waals surface area contributed by atoms with Gasteiger partial charge >= 0.3 is 0 Å². The molecular weight excluding hydrogens is 681 g/mol. The third-order valence-corrected chi connectivity index (χ3v) is 10.9. The zero-order valence-electron chi connectivity index (χ0n) is 31.2. The molecule has 8 aromatic carbocycles. The van der Waals surface area contributed by atoms with Gasteiger partial charge in [0.15, 0.2) is 5.58 Å². The molecule has 268 valence electrons. The first-order chi connectivity index (χ1) is 27.7. The molecule has 10 rings (SSSR count). The first-order valence-corrected chi connectivity index (χ1v) is 19.4. The van der Waals surface area contributed by atoms with Crippen LogP contribution in [0.3, 0.4) is 0 Å². The van der Waals surface area contributed by atoms with Crippen molar-refractivity contribution in [2.75, 3.05) is 9.80 Å². The number of hydrogen-bond donors (Lipinski definition) is 0. The van der Waals surface area contributed by atoms with Crippen molar-refractivity contribution in [1.29, 1.82) is 0 Å². The van der Waals surface area contributed by atoms with Crippen LogP contribution in [0.5, 0.6) is 0 Å². The molecule has 0 aliphatic heterocycles. The van der Waals surface area contributed by atoms with Crippen molar-refractivity contribution in [1.82, 2.24) is 0 Å². The highest BCUT2D eigenvalue weighted by Crippen LogP contribution is 2.50. The monoisotopic (exact) mass is 720 g/mol. The summed E-state index contributed by atoms with van der Waals surface area (Å²) in [6, 6.07) is 67.2. The number of nitrogens with zero attached hydrogens (tertiary/aromatic N) is 2. The molecule has 0 N–H and O–H groups in total. The lowest BCUT2D eigenvalue weighted by molar-refractivity contribution is 0.668. The van der Waals surface area contributed by atoms with Crippen LogP contribution in [0.4, 0.5) is 28.4 Å². The first kappa shape index (κ1) is 33.5. The lowest BCUT2D eigenvalue weighted by atomic mass is 9.97. The number of fused-ring (bicyclic) bond motifs is 5. The number of rotatable bonds is 8. The van der Waals surface area contributed by atoms with E-state index in [0.717, 1.165) is 73.1 Å². The molecule has 0 saturated heterocycles. The molecule has 0 spiro atoms. The standard InChI is InChI=1S/C53H40N2O/c1-37-16-13-26-44(34-37)55(46-28-15-23-42(36-46)39-19-7-3-8-20-39)50-33-32-49(51-48-31-30-40-21-11-12-29-47(40)52(48)56-53(50)51)54(43-24-9-4-10-25-43)45-27-14-22-41(35-45)38-17-5-2-6-18-38/h2-33,35-37H,34H2,1H3. The Morgan fingerprint density at radius 2 is 1.04 bits per heavy atom. The minimum Gasteiger partial charge on any atom is -0.453 e. The summed E-state index contributed by atoms with van der Waals surface area (Å²) in [5.74, 6) is 0.398. The Morgan fingerprint density at radius 3 is 1.71 bits per heavy atom. The molecule has 3 heteroatoms. The van der Waals surface area contributed by atoms with E-state index in [1.165, 1.54) is 22.4 Å². The molecule has 0 amide bonds. The van der Waals surface area contributed by atoms with E-state index in [0.29, 0.717) is 5.92 Å². The molecule has 1 aliphatic carbocycles. The minimum atomic E-state index is 0.398. The van der Waals surface area contributed by atoms with Crippen LogP contribution in [-0.4, -0.2) is 0 Å². The van der Waals surface area contributed by atoms with Gasteiger partial charge in [-0.1, -0.05) is 153 Å². The van der Waals surface area contributed by atoms with E-state index in [1.807, 2.05) is 0 Å². The van der Waals surface area contributed by atoms with Crippen LogP contribution < -0.4 is 9.80 Å². The van der Waals surface area contributed by atoms with E-state index in [9.17, 15) is 0 Å². The number of anilines is 5. The zero-order valence-corrected chi connectivity index (χ0v) is 31.2. The number of allylic oxidation sites excluding steroid dienone is 4. The fourth-order valence-electron chi connectivity index (χ4n) is 8.30. The van der Waals surface area contributed by atoms with Gasteiger partial charge in [0.1, 0.15) is 5.58 Å². The van der Waals surface area contributed by atoms with E-state index in [1.54, 1.807) is 0 Å². The number of furan rings is 1. The molecule has 0 radical (unpaired) electrons. The summed E-state index contributed by atoms with van der Waals surface area (Å²) in [6.45, 7) is 2.29. The fraction of sp³-hybridized carbons (Fsp3) is 0.0566. The SMILES string of the molecule is CC1C=CC=C(N(c2cccc(-c3ccccc3)c2)c2ccc(N(c3ccccc3)c3cccc(-c4ccccc4)c3)c3c2oc2c4ccccc4ccc23)C1. The van der Waals surface area contributed by atoms with E-state index in [2.05, 4.69) is 223 Å². The van der Waals surface area contributed by atoms with Gasteiger partial charge in [0.2, 0.25) is 0 Å². The molecule has 0 bridgehead atoms. The maximum atomic E-state index is 7.27. The topological polar surface area (TPSA) is 19.6 Å². The van der Waals surface area contributed by atoms with Crippen LogP contribution >= 0.6 is 0 Å². The highest BCUT2D eigenvalue weighted by molar-refractivity contribution is 6.22.